The smallest absolute Gasteiger partial charge is 0.315 e. The van der Waals surface area contributed by atoms with Crippen LogP contribution in [-0.4, -0.2) is 71.4 Å². The summed E-state index contributed by atoms with van der Waals surface area (Å²) in [5.41, 5.74) is 0. The first-order chi connectivity index (χ1) is 14.4. The van der Waals surface area contributed by atoms with Crippen LogP contribution in [0, 0.1) is 5.92 Å². The SMILES string of the molecule is CC(C)NC(=O)N[C@H]1C[C@H]2CN(Cc3cccs3)[C@@H](CNC(=O)C3CC3)C(=O)N2C1. The van der Waals surface area contributed by atoms with E-state index in [2.05, 4.69) is 26.9 Å². The Kier molecular flexibility index (Phi) is 6.29. The standard InChI is InChI=1S/C21H31N5O3S/c1-13(2)23-21(29)24-15-8-16-11-25(12-17-4-3-7-30-17)18(20(28)26(16)10-15)9-22-19(27)14-5-6-14/h3-4,7,13-16,18H,5-6,8-12H2,1-2H3,(H,22,27)(H2,23,24,29)/t15-,16-,18-/m0/s1. The number of nitrogens with zero attached hydrogens (tertiary/aromatic N) is 2. The van der Waals surface area contributed by atoms with Gasteiger partial charge in [-0.05, 0) is 44.6 Å². The molecule has 0 unspecified atom stereocenters. The van der Waals surface area contributed by atoms with Gasteiger partial charge in [0, 0.05) is 49.1 Å². The fraction of sp³-hybridized carbons (Fsp3) is 0.667. The Morgan fingerprint density at radius 1 is 1.27 bits per heavy atom. The number of carbonyl (C=O) groups is 3. The number of carbonyl (C=O) groups excluding carboxylic acids is 3. The van der Waals surface area contributed by atoms with E-state index in [4.69, 9.17) is 0 Å². The summed E-state index contributed by atoms with van der Waals surface area (Å²) >= 11 is 1.68. The minimum Gasteiger partial charge on any atom is -0.354 e. The zero-order valence-corrected chi connectivity index (χ0v) is 18.4. The summed E-state index contributed by atoms with van der Waals surface area (Å²) in [5, 5.41) is 10.9. The minimum atomic E-state index is -0.366. The third-order valence-corrected chi connectivity index (χ3v) is 6.84. The molecule has 4 amide bonds. The van der Waals surface area contributed by atoms with Gasteiger partial charge in [-0.25, -0.2) is 4.79 Å². The van der Waals surface area contributed by atoms with Gasteiger partial charge in [0.15, 0.2) is 0 Å². The molecule has 4 rings (SSSR count). The maximum absolute atomic E-state index is 13.4. The topological polar surface area (TPSA) is 93.8 Å². The zero-order chi connectivity index (χ0) is 21.3. The van der Waals surface area contributed by atoms with E-state index >= 15 is 0 Å². The van der Waals surface area contributed by atoms with Crippen LogP contribution in [0.25, 0.3) is 0 Å². The van der Waals surface area contributed by atoms with Gasteiger partial charge >= 0.3 is 6.03 Å². The predicted octanol–water partition coefficient (Wildman–Crippen LogP) is 1.14. The van der Waals surface area contributed by atoms with E-state index in [9.17, 15) is 14.4 Å². The highest BCUT2D eigenvalue weighted by Gasteiger charge is 2.46. The monoisotopic (exact) mass is 433 g/mol. The lowest BCUT2D eigenvalue weighted by atomic mass is 10.0. The Balaban J connectivity index is 1.42. The first-order valence-electron chi connectivity index (χ1n) is 10.8. The minimum absolute atomic E-state index is 0.0486. The molecule has 8 nitrogen and oxygen atoms in total. The summed E-state index contributed by atoms with van der Waals surface area (Å²) in [7, 11) is 0. The van der Waals surface area contributed by atoms with Crippen molar-refractivity contribution in [2.24, 2.45) is 5.92 Å². The van der Waals surface area contributed by atoms with Crippen molar-refractivity contribution >= 4 is 29.2 Å². The number of amides is 4. The van der Waals surface area contributed by atoms with Crippen LogP contribution in [0.2, 0.25) is 0 Å². The van der Waals surface area contributed by atoms with Gasteiger partial charge in [0.05, 0.1) is 6.04 Å². The highest BCUT2D eigenvalue weighted by Crippen LogP contribution is 2.30. The van der Waals surface area contributed by atoms with E-state index in [1.807, 2.05) is 30.2 Å². The molecule has 1 aromatic heterocycles. The van der Waals surface area contributed by atoms with Crippen LogP contribution in [-0.2, 0) is 16.1 Å². The summed E-state index contributed by atoms with van der Waals surface area (Å²) in [6.07, 6.45) is 2.64. The van der Waals surface area contributed by atoms with Gasteiger partial charge in [-0.15, -0.1) is 11.3 Å². The number of thiophene rings is 1. The van der Waals surface area contributed by atoms with E-state index in [0.717, 1.165) is 25.8 Å². The van der Waals surface area contributed by atoms with Crippen LogP contribution in [0.3, 0.4) is 0 Å². The van der Waals surface area contributed by atoms with Crippen molar-refractivity contribution in [3.05, 3.63) is 22.4 Å². The Labute approximate surface area is 181 Å². The largest absolute Gasteiger partial charge is 0.354 e. The number of urea groups is 1. The quantitative estimate of drug-likeness (QED) is 0.601. The Morgan fingerprint density at radius 3 is 2.73 bits per heavy atom. The molecule has 3 N–H and O–H groups in total. The predicted molar refractivity (Wildman–Crippen MR) is 115 cm³/mol. The molecule has 1 aromatic rings. The summed E-state index contributed by atoms with van der Waals surface area (Å²) < 4.78 is 0. The lowest BCUT2D eigenvalue weighted by Crippen LogP contribution is -2.62. The molecular weight excluding hydrogens is 402 g/mol. The van der Waals surface area contributed by atoms with E-state index in [1.54, 1.807) is 11.3 Å². The third kappa shape index (κ3) is 4.95. The van der Waals surface area contributed by atoms with Gasteiger partial charge in [0.25, 0.3) is 0 Å². The number of piperazine rings is 1. The summed E-state index contributed by atoms with van der Waals surface area (Å²) in [6, 6.07) is 3.64. The van der Waals surface area contributed by atoms with Crippen molar-refractivity contribution in [2.45, 2.75) is 63.8 Å². The molecule has 9 heteroatoms. The van der Waals surface area contributed by atoms with E-state index in [1.165, 1.54) is 4.88 Å². The molecule has 3 aliphatic rings. The Hall–Kier alpha value is -2.13. The van der Waals surface area contributed by atoms with Crippen molar-refractivity contribution in [3.63, 3.8) is 0 Å². The molecule has 0 aromatic carbocycles. The van der Waals surface area contributed by atoms with Gasteiger partial charge in [-0.3, -0.25) is 14.5 Å². The van der Waals surface area contributed by atoms with Crippen LogP contribution in [0.4, 0.5) is 4.79 Å². The van der Waals surface area contributed by atoms with Gasteiger partial charge in [0.1, 0.15) is 6.04 Å². The second kappa shape index (κ2) is 8.93. The summed E-state index contributed by atoms with van der Waals surface area (Å²) in [4.78, 5) is 42.9. The normalized spacial score (nSPS) is 26.6. The van der Waals surface area contributed by atoms with Gasteiger partial charge in [-0.2, -0.15) is 0 Å². The van der Waals surface area contributed by atoms with Crippen molar-refractivity contribution in [2.75, 3.05) is 19.6 Å². The van der Waals surface area contributed by atoms with Crippen LogP contribution in [0.1, 0.15) is 38.0 Å². The Morgan fingerprint density at radius 2 is 2.07 bits per heavy atom. The van der Waals surface area contributed by atoms with Crippen molar-refractivity contribution < 1.29 is 14.4 Å². The molecule has 0 radical (unpaired) electrons. The molecule has 0 spiro atoms. The molecule has 2 saturated heterocycles. The van der Waals surface area contributed by atoms with Crippen LogP contribution in [0.5, 0.6) is 0 Å². The van der Waals surface area contributed by atoms with Gasteiger partial charge in [0.2, 0.25) is 11.8 Å². The van der Waals surface area contributed by atoms with Crippen molar-refractivity contribution in [1.29, 1.82) is 0 Å². The molecule has 1 aliphatic carbocycles. The first kappa shape index (κ1) is 21.1. The van der Waals surface area contributed by atoms with E-state index in [-0.39, 0.29) is 47.9 Å². The summed E-state index contributed by atoms with van der Waals surface area (Å²) in [6.45, 7) is 6.15. The lowest BCUT2D eigenvalue weighted by molar-refractivity contribution is -0.144. The van der Waals surface area contributed by atoms with Crippen LogP contribution in [0.15, 0.2) is 17.5 Å². The maximum atomic E-state index is 13.4. The molecule has 3 fully saturated rings. The second-order valence-corrected chi connectivity index (χ2v) is 9.93. The molecule has 1 saturated carbocycles. The fourth-order valence-electron chi connectivity index (χ4n) is 4.38. The maximum Gasteiger partial charge on any atom is 0.315 e. The van der Waals surface area contributed by atoms with Crippen molar-refractivity contribution in [1.82, 2.24) is 25.8 Å². The molecule has 3 atom stereocenters. The number of nitrogens with one attached hydrogen (secondary N) is 3. The van der Waals surface area contributed by atoms with Gasteiger partial charge < -0.3 is 20.9 Å². The summed E-state index contributed by atoms with van der Waals surface area (Å²) in [5.74, 6) is 0.238. The van der Waals surface area contributed by atoms with E-state index in [0.29, 0.717) is 19.6 Å². The average Bonchev–Trinajstić information content (AvgIpc) is 3.26. The number of fused-ring (bicyclic) bond motifs is 1. The number of rotatable bonds is 7. The fourth-order valence-corrected chi connectivity index (χ4v) is 5.11. The van der Waals surface area contributed by atoms with Crippen LogP contribution < -0.4 is 16.0 Å². The lowest BCUT2D eigenvalue weighted by Gasteiger charge is -2.42. The molecule has 30 heavy (non-hydrogen) atoms. The Bertz CT molecular complexity index is 780. The van der Waals surface area contributed by atoms with E-state index < -0.39 is 0 Å². The highest BCUT2D eigenvalue weighted by atomic mass is 32.1. The van der Waals surface area contributed by atoms with Crippen molar-refractivity contribution in [3.8, 4) is 0 Å². The number of hydrogen-bond acceptors (Lipinski definition) is 5. The van der Waals surface area contributed by atoms with Gasteiger partial charge in [-0.1, -0.05) is 6.07 Å². The zero-order valence-electron chi connectivity index (χ0n) is 17.6. The number of hydrogen-bond donors (Lipinski definition) is 3. The molecule has 3 heterocycles. The highest BCUT2D eigenvalue weighted by molar-refractivity contribution is 7.09. The molecule has 2 aliphatic heterocycles. The molecule has 164 valence electrons. The second-order valence-electron chi connectivity index (χ2n) is 8.89. The molecular formula is C21H31N5O3S. The average molecular weight is 434 g/mol. The van der Waals surface area contributed by atoms with Crippen LogP contribution >= 0.6 is 11.3 Å². The first-order valence-corrected chi connectivity index (χ1v) is 11.7. The third-order valence-electron chi connectivity index (χ3n) is 5.98. The molecule has 0 bridgehead atoms.